The molecule has 1 fully saturated rings. The van der Waals surface area contributed by atoms with E-state index in [4.69, 9.17) is 0 Å². The predicted octanol–water partition coefficient (Wildman–Crippen LogP) is 4.14. The molecule has 1 N–H and O–H groups in total. The van der Waals surface area contributed by atoms with Gasteiger partial charge in [0, 0.05) is 6.07 Å². The topological polar surface area (TPSA) is 29.1 Å². The molecule has 2 rings (SSSR count). The van der Waals surface area contributed by atoms with Crippen molar-refractivity contribution in [1.29, 1.82) is 0 Å². The maximum atomic E-state index is 13.5. The number of anilines is 1. The molecule has 0 bridgehead atoms. The third-order valence-electron chi connectivity index (χ3n) is 3.89. The number of carbonyl (C=O) groups is 1. The van der Waals surface area contributed by atoms with Crippen LogP contribution >= 0.6 is 0 Å². The largest absolute Gasteiger partial charge is 0.323 e. The minimum atomic E-state index is -0.628. The number of hydrogen-bond acceptors (Lipinski definition) is 1. The molecule has 0 heterocycles. The lowest BCUT2D eigenvalue weighted by Crippen LogP contribution is -2.17. The van der Waals surface area contributed by atoms with Crippen LogP contribution in [0.3, 0.4) is 0 Å². The predicted molar refractivity (Wildman–Crippen MR) is 75.2 cm³/mol. The monoisotopic (exact) mass is 279 g/mol. The fourth-order valence-corrected chi connectivity index (χ4v) is 2.65. The van der Waals surface area contributed by atoms with Gasteiger partial charge in [-0.3, -0.25) is 4.79 Å². The summed E-state index contributed by atoms with van der Waals surface area (Å²) in [5, 5.41) is 2.49. The Kier molecular flexibility index (Phi) is 3.67. The number of halogens is 2. The molecule has 2 nitrogen and oxygen atoms in total. The zero-order chi connectivity index (χ0) is 15.1. The van der Waals surface area contributed by atoms with E-state index in [1.54, 1.807) is 0 Å². The van der Waals surface area contributed by atoms with Gasteiger partial charge in [-0.25, -0.2) is 8.78 Å². The van der Waals surface area contributed by atoms with Gasteiger partial charge in [0.15, 0.2) is 0 Å². The number of allylic oxidation sites excluding steroid dienone is 2. The van der Waals surface area contributed by atoms with E-state index in [0.29, 0.717) is 0 Å². The van der Waals surface area contributed by atoms with Gasteiger partial charge in [-0.05, 0) is 37.3 Å². The lowest BCUT2D eigenvalue weighted by molar-refractivity contribution is -0.118. The number of hydrogen-bond donors (Lipinski definition) is 1. The fourth-order valence-electron chi connectivity index (χ4n) is 2.65. The standard InChI is InChI=1S/C16H19F2NO/c1-9(2)7-11-14(16(11,3)4)15(20)19-13-8-10(17)5-6-12(13)18/h5-8,11,14H,1-4H3,(H,19,20)/t11-,14+/m0/s1. The van der Waals surface area contributed by atoms with Gasteiger partial charge in [0.25, 0.3) is 0 Å². The molecule has 0 saturated heterocycles. The second-order valence-electron chi connectivity index (χ2n) is 6.18. The number of amides is 1. The van der Waals surface area contributed by atoms with E-state index in [0.717, 1.165) is 23.8 Å². The van der Waals surface area contributed by atoms with E-state index in [2.05, 4.69) is 11.4 Å². The SMILES string of the molecule is CC(C)=C[C@H]1[C@H](C(=O)Nc2cc(F)ccc2F)C1(C)C. The van der Waals surface area contributed by atoms with Gasteiger partial charge in [-0.15, -0.1) is 0 Å². The highest BCUT2D eigenvalue weighted by atomic mass is 19.1. The minimum Gasteiger partial charge on any atom is -0.323 e. The maximum Gasteiger partial charge on any atom is 0.228 e. The van der Waals surface area contributed by atoms with Crippen molar-refractivity contribution in [3.8, 4) is 0 Å². The summed E-state index contributed by atoms with van der Waals surface area (Å²) >= 11 is 0. The average Bonchev–Trinajstić information content (AvgIpc) is 2.84. The van der Waals surface area contributed by atoms with E-state index in [-0.39, 0.29) is 28.8 Å². The quantitative estimate of drug-likeness (QED) is 0.828. The van der Waals surface area contributed by atoms with Crippen molar-refractivity contribution in [2.24, 2.45) is 17.3 Å². The summed E-state index contributed by atoms with van der Waals surface area (Å²) in [4.78, 5) is 12.2. The summed E-state index contributed by atoms with van der Waals surface area (Å²) in [6, 6.07) is 3.03. The van der Waals surface area contributed by atoms with E-state index in [9.17, 15) is 13.6 Å². The van der Waals surface area contributed by atoms with Crippen LogP contribution in [0, 0.1) is 28.9 Å². The maximum absolute atomic E-state index is 13.5. The average molecular weight is 279 g/mol. The van der Waals surface area contributed by atoms with Crippen LogP contribution in [0.4, 0.5) is 14.5 Å². The normalized spacial score (nSPS) is 23.1. The molecule has 1 amide bonds. The number of benzene rings is 1. The van der Waals surface area contributed by atoms with E-state index < -0.39 is 11.6 Å². The molecule has 0 radical (unpaired) electrons. The van der Waals surface area contributed by atoms with Gasteiger partial charge >= 0.3 is 0 Å². The minimum absolute atomic E-state index is 0.103. The first kappa shape index (κ1) is 14.7. The van der Waals surface area contributed by atoms with Gasteiger partial charge < -0.3 is 5.32 Å². The molecule has 20 heavy (non-hydrogen) atoms. The summed E-state index contributed by atoms with van der Waals surface area (Å²) in [5.74, 6) is -1.53. The lowest BCUT2D eigenvalue weighted by atomic mass is 10.1. The molecule has 4 heteroatoms. The van der Waals surface area contributed by atoms with Crippen molar-refractivity contribution in [2.75, 3.05) is 5.32 Å². The third kappa shape index (κ3) is 2.74. The van der Waals surface area contributed by atoms with Crippen LogP contribution in [0.15, 0.2) is 29.8 Å². The van der Waals surface area contributed by atoms with E-state index >= 15 is 0 Å². The Morgan fingerprint density at radius 3 is 2.55 bits per heavy atom. The van der Waals surface area contributed by atoms with Gasteiger partial charge in [-0.2, -0.15) is 0 Å². The molecule has 0 aromatic heterocycles. The van der Waals surface area contributed by atoms with Crippen molar-refractivity contribution in [3.63, 3.8) is 0 Å². The number of nitrogens with one attached hydrogen (secondary N) is 1. The van der Waals surface area contributed by atoms with Crippen molar-refractivity contribution in [3.05, 3.63) is 41.5 Å². The van der Waals surface area contributed by atoms with Crippen LogP contribution in [0.25, 0.3) is 0 Å². The van der Waals surface area contributed by atoms with Crippen LogP contribution in [-0.2, 0) is 4.79 Å². The second-order valence-corrected chi connectivity index (χ2v) is 6.18. The highest BCUT2D eigenvalue weighted by Crippen LogP contribution is 2.59. The number of rotatable bonds is 3. The lowest BCUT2D eigenvalue weighted by Gasteiger charge is -2.07. The van der Waals surface area contributed by atoms with Crippen molar-refractivity contribution in [1.82, 2.24) is 0 Å². The summed E-state index contributed by atoms with van der Waals surface area (Å²) in [5.41, 5.74) is 0.898. The van der Waals surface area contributed by atoms with Gasteiger partial charge in [0.1, 0.15) is 11.6 Å². The summed E-state index contributed by atoms with van der Waals surface area (Å²) in [6.45, 7) is 7.97. The Bertz CT molecular complexity index is 574. The Labute approximate surface area is 117 Å². The van der Waals surface area contributed by atoms with E-state index in [1.165, 1.54) is 0 Å². The zero-order valence-electron chi connectivity index (χ0n) is 12.1. The molecule has 1 aromatic carbocycles. The van der Waals surface area contributed by atoms with Crippen LogP contribution in [0.2, 0.25) is 0 Å². The van der Waals surface area contributed by atoms with Crippen LogP contribution < -0.4 is 5.32 Å². The molecule has 1 aromatic rings. The van der Waals surface area contributed by atoms with Crippen LogP contribution in [0.5, 0.6) is 0 Å². The first-order valence-corrected chi connectivity index (χ1v) is 6.64. The zero-order valence-corrected chi connectivity index (χ0v) is 12.1. The van der Waals surface area contributed by atoms with Gasteiger partial charge in [0.05, 0.1) is 11.6 Å². The fraction of sp³-hybridized carbons (Fsp3) is 0.438. The Hall–Kier alpha value is -1.71. The van der Waals surface area contributed by atoms with Gasteiger partial charge in [0.2, 0.25) is 5.91 Å². The second kappa shape index (κ2) is 5.00. The smallest absolute Gasteiger partial charge is 0.228 e. The summed E-state index contributed by atoms with van der Waals surface area (Å²) in [6.07, 6.45) is 2.06. The molecule has 0 spiro atoms. The van der Waals surface area contributed by atoms with Gasteiger partial charge in [-0.1, -0.05) is 25.5 Å². The highest BCUT2D eigenvalue weighted by Gasteiger charge is 2.60. The van der Waals surface area contributed by atoms with Crippen LogP contribution in [-0.4, -0.2) is 5.91 Å². The van der Waals surface area contributed by atoms with Crippen molar-refractivity contribution >= 4 is 11.6 Å². The Balaban J connectivity index is 2.14. The molecule has 2 atom stereocenters. The third-order valence-corrected chi connectivity index (χ3v) is 3.89. The Morgan fingerprint density at radius 2 is 1.95 bits per heavy atom. The summed E-state index contributed by atoms with van der Waals surface area (Å²) in [7, 11) is 0. The van der Waals surface area contributed by atoms with Crippen molar-refractivity contribution in [2.45, 2.75) is 27.7 Å². The molecule has 1 aliphatic carbocycles. The molecule has 1 aliphatic rings. The molecule has 0 aliphatic heterocycles. The van der Waals surface area contributed by atoms with E-state index in [1.807, 2.05) is 27.7 Å². The number of carbonyl (C=O) groups excluding carboxylic acids is 1. The molecule has 1 saturated carbocycles. The van der Waals surface area contributed by atoms with Crippen molar-refractivity contribution < 1.29 is 13.6 Å². The first-order valence-electron chi connectivity index (χ1n) is 6.64. The first-order chi connectivity index (χ1) is 9.23. The molecular weight excluding hydrogens is 260 g/mol. The molecule has 108 valence electrons. The summed E-state index contributed by atoms with van der Waals surface area (Å²) < 4.78 is 26.6. The highest BCUT2D eigenvalue weighted by molar-refractivity contribution is 5.95. The Morgan fingerprint density at radius 1 is 1.30 bits per heavy atom. The molecule has 0 unspecified atom stereocenters. The molecular formula is C16H19F2NO. The van der Waals surface area contributed by atoms with Crippen LogP contribution in [0.1, 0.15) is 27.7 Å².